The van der Waals surface area contributed by atoms with Gasteiger partial charge in [0.05, 0.1) is 18.6 Å². The van der Waals surface area contributed by atoms with E-state index in [1.807, 2.05) is 19.9 Å². The molecule has 0 atom stereocenters. The topological polar surface area (TPSA) is 63.1 Å². The van der Waals surface area contributed by atoms with E-state index in [-0.39, 0.29) is 5.56 Å². The number of rotatable bonds is 4. The zero-order valence-corrected chi connectivity index (χ0v) is 12.7. The van der Waals surface area contributed by atoms with Gasteiger partial charge in [-0.25, -0.2) is 4.98 Å². The zero-order chi connectivity index (χ0) is 14.8. The number of nitrogens with one attached hydrogen (secondary N) is 1. The van der Waals surface area contributed by atoms with Gasteiger partial charge in [0.15, 0.2) is 0 Å². The van der Waals surface area contributed by atoms with Crippen LogP contribution in [-0.2, 0) is 11.3 Å². The van der Waals surface area contributed by atoms with Crippen LogP contribution in [-0.4, -0.2) is 52.3 Å². The van der Waals surface area contributed by atoms with Crippen LogP contribution in [0.4, 0.5) is 0 Å². The number of fused-ring (bicyclic) bond motifs is 1. The molecule has 6 heteroatoms. The molecule has 0 spiro atoms. The van der Waals surface area contributed by atoms with E-state index in [0.29, 0.717) is 11.0 Å². The van der Waals surface area contributed by atoms with Crippen LogP contribution in [0.5, 0.6) is 0 Å². The molecule has 1 saturated heterocycles. The summed E-state index contributed by atoms with van der Waals surface area (Å²) >= 11 is 0. The molecular formula is C15H22N4O2. The van der Waals surface area contributed by atoms with E-state index in [1.165, 1.54) is 0 Å². The fourth-order valence-corrected chi connectivity index (χ4v) is 2.88. The molecule has 1 fully saturated rings. The Balaban J connectivity index is 1.72. The fraction of sp³-hybridized carbons (Fsp3) is 0.600. The van der Waals surface area contributed by atoms with Gasteiger partial charge in [-0.2, -0.15) is 0 Å². The van der Waals surface area contributed by atoms with Crippen molar-refractivity contribution in [3.05, 3.63) is 27.9 Å². The molecule has 3 heterocycles. The Morgan fingerprint density at radius 2 is 2.05 bits per heavy atom. The van der Waals surface area contributed by atoms with Gasteiger partial charge in [0, 0.05) is 31.9 Å². The van der Waals surface area contributed by atoms with E-state index >= 15 is 0 Å². The van der Waals surface area contributed by atoms with Crippen LogP contribution in [0.3, 0.4) is 0 Å². The van der Waals surface area contributed by atoms with Gasteiger partial charge < -0.3 is 9.72 Å². The average Bonchev–Trinajstić information content (AvgIpc) is 2.84. The van der Waals surface area contributed by atoms with Crippen LogP contribution >= 0.6 is 0 Å². The number of hydrogen-bond donors (Lipinski definition) is 1. The van der Waals surface area contributed by atoms with Crippen LogP contribution < -0.4 is 5.56 Å². The largest absolute Gasteiger partial charge is 0.379 e. The SMILES string of the molecule is Cc1cc2c(=O)n(CCCN3CCOCC3)c(C)nc2[nH]1. The lowest BCUT2D eigenvalue weighted by molar-refractivity contribution is 0.0369. The number of nitrogens with zero attached hydrogens (tertiary/aromatic N) is 3. The highest BCUT2D eigenvalue weighted by Gasteiger charge is 2.12. The Hall–Kier alpha value is -1.66. The van der Waals surface area contributed by atoms with E-state index in [1.54, 1.807) is 4.57 Å². The molecule has 0 radical (unpaired) electrons. The number of aromatic amines is 1. The van der Waals surface area contributed by atoms with Crippen molar-refractivity contribution in [3.8, 4) is 0 Å². The third kappa shape index (κ3) is 3.01. The van der Waals surface area contributed by atoms with Gasteiger partial charge in [0.25, 0.3) is 5.56 Å². The second-order valence-corrected chi connectivity index (χ2v) is 5.64. The minimum atomic E-state index is 0.0591. The highest BCUT2D eigenvalue weighted by Crippen LogP contribution is 2.09. The first kappa shape index (κ1) is 14.3. The van der Waals surface area contributed by atoms with Crippen molar-refractivity contribution in [2.75, 3.05) is 32.8 Å². The Kier molecular flexibility index (Phi) is 4.07. The van der Waals surface area contributed by atoms with Gasteiger partial charge >= 0.3 is 0 Å². The van der Waals surface area contributed by atoms with Crippen molar-refractivity contribution in [1.82, 2.24) is 19.4 Å². The van der Waals surface area contributed by atoms with Crippen molar-refractivity contribution in [1.29, 1.82) is 0 Å². The lowest BCUT2D eigenvalue weighted by atomic mass is 10.3. The van der Waals surface area contributed by atoms with Crippen molar-refractivity contribution >= 4 is 11.0 Å². The molecule has 1 aliphatic rings. The summed E-state index contributed by atoms with van der Waals surface area (Å²) in [7, 11) is 0. The molecule has 6 nitrogen and oxygen atoms in total. The number of hydrogen-bond acceptors (Lipinski definition) is 4. The molecule has 114 valence electrons. The van der Waals surface area contributed by atoms with Crippen molar-refractivity contribution in [2.45, 2.75) is 26.8 Å². The van der Waals surface area contributed by atoms with E-state index in [4.69, 9.17) is 4.74 Å². The van der Waals surface area contributed by atoms with Gasteiger partial charge in [-0.05, 0) is 26.3 Å². The van der Waals surface area contributed by atoms with Crippen molar-refractivity contribution in [2.24, 2.45) is 0 Å². The van der Waals surface area contributed by atoms with Crippen LogP contribution in [0.25, 0.3) is 11.0 Å². The third-order valence-electron chi connectivity index (χ3n) is 4.03. The van der Waals surface area contributed by atoms with Gasteiger partial charge in [-0.3, -0.25) is 14.3 Å². The fourth-order valence-electron chi connectivity index (χ4n) is 2.88. The summed E-state index contributed by atoms with van der Waals surface area (Å²) in [4.78, 5) is 22.5. The molecule has 0 amide bonds. The van der Waals surface area contributed by atoms with Crippen LogP contribution in [0, 0.1) is 13.8 Å². The molecule has 2 aromatic rings. The van der Waals surface area contributed by atoms with Crippen LogP contribution in [0.1, 0.15) is 17.9 Å². The predicted molar refractivity (Wildman–Crippen MR) is 81.7 cm³/mol. The summed E-state index contributed by atoms with van der Waals surface area (Å²) in [5.74, 6) is 0.774. The Morgan fingerprint density at radius 1 is 1.29 bits per heavy atom. The lowest BCUT2D eigenvalue weighted by Crippen LogP contribution is -2.37. The van der Waals surface area contributed by atoms with Gasteiger partial charge in [-0.1, -0.05) is 0 Å². The van der Waals surface area contributed by atoms with E-state index in [9.17, 15) is 4.79 Å². The Bertz CT molecular complexity index is 683. The molecule has 0 unspecified atom stereocenters. The predicted octanol–water partition coefficient (Wildman–Crippen LogP) is 1.06. The zero-order valence-electron chi connectivity index (χ0n) is 12.7. The van der Waals surface area contributed by atoms with E-state index in [2.05, 4.69) is 14.9 Å². The smallest absolute Gasteiger partial charge is 0.263 e. The molecule has 1 N–H and O–H groups in total. The lowest BCUT2D eigenvalue weighted by Gasteiger charge is -2.26. The first-order valence-corrected chi connectivity index (χ1v) is 7.52. The van der Waals surface area contributed by atoms with Crippen LogP contribution in [0.15, 0.2) is 10.9 Å². The molecule has 3 rings (SSSR count). The Labute approximate surface area is 123 Å². The molecule has 0 aromatic carbocycles. The second-order valence-electron chi connectivity index (χ2n) is 5.64. The number of aromatic nitrogens is 3. The quantitative estimate of drug-likeness (QED) is 0.914. The number of aryl methyl sites for hydroxylation is 2. The van der Waals surface area contributed by atoms with E-state index in [0.717, 1.165) is 57.3 Å². The first-order chi connectivity index (χ1) is 10.1. The average molecular weight is 290 g/mol. The summed E-state index contributed by atoms with van der Waals surface area (Å²) in [6.45, 7) is 9.16. The maximum Gasteiger partial charge on any atom is 0.263 e. The second kappa shape index (κ2) is 5.99. The highest BCUT2D eigenvalue weighted by molar-refractivity contribution is 5.75. The number of morpholine rings is 1. The van der Waals surface area contributed by atoms with Crippen molar-refractivity contribution in [3.63, 3.8) is 0 Å². The van der Waals surface area contributed by atoms with Gasteiger partial charge in [0.1, 0.15) is 11.5 Å². The summed E-state index contributed by atoms with van der Waals surface area (Å²) in [5, 5.41) is 0.685. The van der Waals surface area contributed by atoms with Crippen molar-refractivity contribution < 1.29 is 4.74 Å². The maximum atomic E-state index is 12.5. The molecule has 2 aromatic heterocycles. The summed E-state index contributed by atoms with van der Waals surface area (Å²) in [6, 6.07) is 1.88. The summed E-state index contributed by atoms with van der Waals surface area (Å²) in [5.41, 5.74) is 1.73. The molecule has 21 heavy (non-hydrogen) atoms. The minimum Gasteiger partial charge on any atom is -0.379 e. The number of ether oxygens (including phenoxy) is 1. The Morgan fingerprint density at radius 3 is 2.81 bits per heavy atom. The molecular weight excluding hydrogens is 268 g/mol. The summed E-state index contributed by atoms with van der Waals surface area (Å²) in [6.07, 6.45) is 0.956. The molecule has 0 aliphatic carbocycles. The third-order valence-corrected chi connectivity index (χ3v) is 4.03. The van der Waals surface area contributed by atoms with Crippen LogP contribution in [0.2, 0.25) is 0 Å². The maximum absolute atomic E-state index is 12.5. The standard InChI is InChI=1S/C15H22N4O2/c1-11-10-13-14(16-11)17-12(2)19(15(13)20)5-3-4-18-6-8-21-9-7-18/h10,16H,3-9H2,1-2H3. The molecule has 0 saturated carbocycles. The minimum absolute atomic E-state index is 0.0591. The monoisotopic (exact) mass is 290 g/mol. The van der Waals surface area contributed by atoms with Gasteiger partial charge in [-0.15, -0.1) is 0 Å². The number of H-pyrrole nitrogens is 1. The first-order valence-electron chi connectivity index (χ1n) is 7.52. The van der Waals surface area contributed by atoms with Gasteiger partial charge in [0.2, 0.25) is 0 Å². The highest BCUT2D eigenvalue weighted by atomic mass is 16.5. The molecule has 1 aliphatic heterocycles. The summed E-state index contributed by atoms with van der Waals surface area (Å²) < 4.78 is 7.13. The molecule has 0 bridgehead atoms. The normalized spacial score (nSPS) is 16.7. The van der Waals surface area contributed by atoms with E-state index < -0.39 is 0 Å².